The molecule has 2 aromatic rings. The number of rotatable bonds is 6. The zero-order valence-corrected chi connectivity index (χ0v) is 18.6. The predicted molar refractivity (Wildman–Crippen MR) is 116 cm³/mol. The van der Waals surface area contributed by atoms with E-state index in [-0.39, 0.29) is 35.1 Å². The van der Waals surface area contributed by atoms with Crippen molar-refractivity contribution in [2.75, 3.05) is 12.3 Å². The minimum absolute atomic E-state index is 0.0380. The number of amides is 2. The van der Waals surface area contributed by atoms with Crippen molar-refractivity contribution in [3.8, 4) is 0 Å². The largest absolute Gasteiger partial charge is 0.465 e. The van der Waals surface area contributed by atoms with E-state index < -0.39 is 15.9 Å². The van der Waals surface area contributed by atoms with Crippen LogP contribution < -0.4 is 5.32 Å². The molecule has 1 aliphatic heterocycles. The van der Waals surface area contributed by atoms with Gasteiger partial charge in [-0.15, -0.1) is 0 Å². The second-order valence-corrected chi connectivity index (χ2v) is 10.2. The van der Waals surface area contributed by atoms with Gasteiger partial charge in [-0.3, -0.25) is 14.7 Å². The van der Waals surface area contributed by atoms with E-state index in [9.17, 15) is 23.1 Å². The van der Waals surface area contributed by atoms with Crippen molar-refractivity contribution in [2.24, 2.45) is 5.92 Å². The van der Waals surface area contributed by atoms with Gasteiger partial charge in [0, 0.05) is 19.3 Å². The fourth-order valence-electron chi connectivity index (χ4n) is 3.80. The Hall–Kier alpha value is -2.94. The highest BCUT2D eigenvalue weighted by molar-refractivity contribution is 7.91. The van der Waals surface area contributed by atoms with Crippen LogP contribution in [0.5, 0.6) is 0 Å². The first-order chi connectivity index (χ1) is 14.6. The number of pyridine rings is 1. The summed E-state index contributed by atoms with van der Waals surface area (Å²) in [6.45, 7) is 6.12. The van der Waals surface area contributed by atoms with E-state index in [4.69, 9.17) is 0 Å². The third-order valence-electron chi connectivity index (χ3n) is 5.49. The van der Waals surface area contributed by atoms with Gasteiger partial charge in [0.2, 0.25) is 0 Å². The van der Waals surface area contributed by atoms with Gasteiger partial charge in [0.15, 0.2) is 9.84 Å². The van der Waals surface area contributed by atoms with Crippen molar-refractivity contribution in [1.82, 2.24) is 15.2 Å². The van der Waals surface area contributed by atoms with Crippen LogP contribution >= 0.6 is 0 Å². The number of carbonyl (C=O) groups is 2. The predicted octanol–water partition coefficient (Wildman–Crippen LogP) is 3.04. The molecule has 0 saturated carbocycles. The standard InChI is InChI=1S/C22H27N3O5S/c1-4-31(29,30)18-7-5-15(6-8-18)12-24-21(26)17-11-16-9-10-25(22(27)28)20(14(2)3)19(16)23-13-17/h5-8,11,13-14,20H,4,9-10,12H2,1-3H3,(H,24,26)(H,27,28)/t20-/m1/s1. The Morgan fingerprint density at radius 2 is 1.94 bits per heavy atom. The maximum atomic E-state index is 12.6. The molecule has 1 aromatic heterocycles. The topological polar surface area (TPSA) is 117 Å². The molecule has 166 valence electrons. The van der Waals surface area contributed by atoms with E-state index in [0.29, 0.717) is 24.2 Å². The number of carboxylic acid groups (broad SMARTS) is 1. The molecule has 2 heterocycles. The van der Waals surface area contributed by atoms with Gasteiger partial charge >= 0.3 is 6.09 Å². The highest BCUT2D eigenvalue weighted by Gasteiger charge is 2.34. The van der Waals surface area contributed by atoms with Crippen molar-refractivity contribution in [1.29, 1.82) is 0 Å². The summed E-state index contributed by atoms with van der Waals surface area (Å²) >= 11 is 0. The molecule has 2 N–H and O–H groups in total. The molecule has 0 aliphatic carbocycles. The van der Waals surface area contributed by atoms with Crippen LogP contribution in [-0.4, -0.2) is 47.7 Å². The molecule has 0 fully saturated rings. The average Bonchev–Trinajstić information content (AvgIpc) is 2.76. The summed E-state index contributed by atoms with van der Waals surface area (Å²) in [6, 6.07) is 7.89. The van der Waals surface area contributed by atoms with Crippen LogP contribution in [0.25, 0.3) is 0 Å². The third kappa shape index (κ3) is 4.87. The minimum atomic E-state index is -3.25. The second-order valence-electron chi connectivity index (χ2n) is 7.91. The molecule has 1 aromatic carbocycles. The maximum absolute atomic E-state index is 12.6. The monoisotopic (exact) mass is 445 g/mol. The van der Waals surface area contributed by atoms with Crippen LogP contribution in [0.1, 0.15) is 54.0 Å². The Kier molecular flexibility index (Phi) is 6.64. The minimum Gasteiger partial charge on any atom is -0.465 e. The number of aromatic nitrogens is 1. The lowest BCUT2D eigenvalue weighted by Gasteiger charge is -2.37. The second kappa shape index (κ2) is 9.05. The van der Waals surface area contributed by atoms with Gasteiger partial charge in [0.05, 0.1) is 27.9 Å². The molecule has 31 heavy (non-hydrogen) atoms. The highest BCUT2D eigenvalue weighted by atomic mass is 32.2. The van der Waals surface area contributed by atoms with Gasteiger partial charge in [0.25, 0.3) is 5.91 Å². The molecule has 1 aliphatic rings. The van der Waals surface area contributed by atoms with Crippen LogP contribution in [0.2, 0.25) is 0 Å². The molecule has 2 amide bonds. The number of benzene rings is 1. The summed E-state index contributed by atoms with van der Waals surface area (Å²) in [5, 5.41) is 12.3. The molecule has 8 nitrogen and oxygen atoms in total. The fraction of sp³-hybridized carbons (Fsp3) is 0.409. The highest BCUT2D eigenvalue weighted by Crippen LogP contribution is 2.34. The zero-order valence-electron chi connectivity index (χ0n) is 17.8. The Bertz CT molecular complexity index is 1080. The third-order valence-corrected chi connectivity index (χ3v) is 7.24. The van der Waals surface area contributed by atoms with Gasteiger partial charge < -0.3 is 10.4 Å². The van der Waals surface area contributed by atoms with E-state index in [1.165, 1.54) is 11.1 Å². The number of carbonyl (C=O) groups excluding carboxylic acids is 1. The van der Waals surface area contributed by atoms with Crippen LogP contribution in [-0.2, 0) is 22.8 Å². The summed E-state index contributed by atoms with van der Waals surface area (Å²) in [5.41, 5.74) is 2.78. The first-order valence-corrected chi connectivity index (χ1v) is 11.9. The van der Waals surface area contributed by atoms with Gasteiger partial charge in [-0.1, -0.05) is 32.9 Å². The SMILES string of the molecule is CCS(=O)(=O)c1ccc(CNC(=O)c2cnc3c(c2)CCN(C(=O)O)[C@@H]3C(C)C)cc1. The number of fused-ring (bicyclic) bond motifs is 1. The molecule has 0 saturated heterocycles. The smallest absolute Gasteiger partial charge is 0.407 e. The van der Waals surface area contributed by atoms with E-state index in [1.807, 2.05) is 13.8 Å². The summed E-state index contributed by atoms with van der Waals surface area (Å²) in [6.07, 6.45) is 1.02. The number of hydrogen-bond donors (Lipinski definition) is 2. The molecule has 9 heteroatoms. The summed E-state index contributed by atoms with van der Waals surface area (Å²) in [7, 11) is -3.25. The molecule has 0 radical (unpaired) electrons. The Morgan fingerprint density at radius 1 is 1.26 bits per heavy atom. The summed E-state index contributed by atoms with van der Waals surface area (Å²) < 4.78 is 23.8. The van der Waals surface area contributed by atoms with Gasteiger partial charge in [-0.2, -0.15) is 0 Å². The molecule has 1 atom stereocenters. The van der Waals surface area contributed by atoms with Crippen LogP contribution in [0.3, 0.4) is 0 Å². The Balaban J connectivity index is 1.72. The van der Waals surface area contributed by atoms with E-state index in [2.05, 4.69) is 10.3 Å². The van der Waals surface area contributed by atoms with Crippen LogP contribution in [0.15, 0.2) is 41.4 Å². The number of nitrogens with zero attached hydrogens (tertiary/aromatic N) is 2. The van der Waals surface area contributed by atoms with Gasteiger partial charge in [0.1, 0.15) is 0 Å². The van der Waals surface area contributed by atoms with E-state index in [1.54, 1.807) is 37.3 Å². The Labute approximate surface area is 182 Å². The summed E-state index contributed by atoms with van der Waals surface area (Å²) in [4.78, 5) is 30.3. The molecule has 0 bridgehead atoms. The quantitative estimate of drug-likeness (QED) is 0.706. The lowest BCUT2D eigenvalue weighted by atomic mass is 9.90. The number of hydrogen-bond acceptors (Lipinski definition) is 5. The first kappa shape index (κ1) is 22.7. The van der Waals surface area contributed by atoms with Crippen LogP contribution in [0.4, 0.5) is 4.79 Å². The first-order valence-electron chi connectivity index (χ1n) is 10.2. The lowest BCUT2D eigenvalue weighted by molar-refractivity contribution is 0.0944. The van der Waals surface area contributed by atoms with E-state index in [0.717, 1.165) is 11.1 Å². The number of nitrogens with one attached hydrogen (secondary N) is 1. The molecular formula is C22H27N3O5S. The maximum Gasteiger partial charge on any atom is 0.407 e. The molecular weight excluding hydrogens is 418 g/mol. The molecule has 3 rings (SSSR count). The van der Waals surface area contributed by atoms with Crippen molar-refractivity contribution in [2.45, 2.75) is 44.7 Å². The molecule has 0 spiro atoms. The number of sulfone groups is 1. The van der Waals surface area contributed by atoms with Crippen molar-refractivity contribution in [3.63, 3.8) is 0 Å². The van der Waals surface area contributed by atoms with Crippen molar-refractivity contribution < 1.29 is 23.1 Å². The van der Waals surface area contributed by atoms with E-state index >= 15 is 0 Å². The molecule has 0 unspecified atom stereocenters. The van der Waals surface area contributed by atoms with Crippen molar-refractivity contribution in [3.05, 3.63) is 58.9 Å². The average molecular weight is 446 g/mol. The normalized spacial score (nSPS) is 16.1. The zero-order chi connectivity index (χ0) is 22.8. The lowest BCUT2D eigenvalue weighted by Crippen LogP contribution is -2.42. The van der Waals surface area contributed by atoms with Crippen molar-refractivity contribution >= 4 is 21.8 Å². The summed E-state index contributed by atoms with van der Waals surface area (Å²) in [5.74, 6) is -0.194. The van der Waals surface area contributed by atoms with Crippen LogP contribution in [0, 0.1) is 5.92 Å². The Morgan fingerprint density at radius 3 is 2.52 bits per heavy atom. The van der Waals surface area contributed by atoms with Gasteiger partial charge in [-0.05, 0) is 41.7 Å². The van der Waals surface area contributed by atoms with Gasteiger partial charge in [-0.25, -0.2) is 13.2 Å². The fourth-order valence-corrected chi connectivity index (χ4v) is 4.68.